The molecule has 2 heteroatoms. The molecule has 0 atom stereocenters. The molecule has 42 valence electrons. The van der Waals surface area contributed by atoms with Gasteiger partial charge in [-0.05, 0) is 6.54 Å². The van der Waals surface area contributed by atoms with Crippen LogP contribution in [0.1, 0.15) is 6.92 Å². The maximum absolute atomic E-state index is 5.22. The monoisotopic (exact) mass is 119 g/mol. The minimum Gasteiger partial charge on any atom is -0.314 e. The second-order valence-electron chi connectivity index (χ2n) is 1.17. The molecule has 0 aromatic rings. The van der Waals surface area contributed by atoms with Crippen molar-refractivity contribution >= 4 is 11.6 Å². The molecule has 0 heterocycles. The highest BCUT2D eigenvalue weighted by molar-refractivity contribution is 6.25. The molecule has 1 N–H and O–H groups in total. The Balaban J connectivity index is 2.69. The quantitative estimate of drug-likeness (QED) is 0.553. The summed E-state index contributed by atoms with van der Waals surface area (Å²) in [5.41, 5.74) is 1.52. The summed E-state index contributed by atoms with van der Waals surface area (Å²) in [4.78, 5) is 0. The van der Waals surface area contributed by atoms with Crippen molar-refractivity contribution in [1.29, 1.82) is 0 Å². The van der Waals surface area contributed by atoms with Crippen LogP contribution in [0.2, 0.25) is 0 Å². The number of halogens is 1. The molecule has 7 heavy (non-hydrogen) atoms. The maximum atomic E-state index is 5.22. The van der Waals surface area contributed by atoms with Gasteiger partial charge in [0, 0.05) is 12.1 Å². The van der Waals surface area contributed by atoms with Crippen LogP contribution in [0, 0.1) is 0 Å². The molecule has 0 amide bonds. The Morgan fingerprint density at radius 3 is 2.86 bits per heavy atom. The Morgan fingerprint density at radius 1 is 1.71 bits per heavy atom. The van der Waals surface area contributed by atoms with E-state index in [1.807, 2.05) is 6.08 Å². The summed E-state index contributed by atoms with van der Waals surface area (Å²) in [6, 6.07) is 0. The third-order valence-electron chi connectivity index (χ3n) is 0.601. The van der Waals surface area contributed by atoms with E-state index in [1.165, 1.54) is 5.54 Å². The standard InChI is InChI=1S/C5H10ClN/c1-2-7-5-3-4-6/h3-4,7H,2,5H2,1H3/b4-3+. The highest BCUT2D eigenvalue weighted by Gasteiger charge is 1.69. The molecule has 0 fully saturated rings. The van der Waals surface area contributed by atoms with Gasteiger partial charge in [-0.1, -0.05) is 24.6 Å². The van der Waals surface area contributed by atoms with E-state index >= 15 is 0 Å². The third kappa shape index (κ3) is 5.99. The first-order valence-corrected chi connectivity index (χ1v) is 2.81. The summed E-state index contributed by atoms with van der Waals surface area (Å²) in [7, 11) is 0. The molecule has 0 aliphatic carbocycles. The summed E-state index contributed by atoms with van der Waals surface area (Å²) >= 11 is 5.22. The molecule has 0 bridgehead atoms. The van der Waals surface area contributed by atoms with Gasteiger partial charge in [-0.15, -0.1) is 0 Å². The van der Waals surface area contributed by atoms with Gasteiger partial charge in [0.1, 0.15) is 0 Å². The molecular weight excluding hydrogens is 110 g/mol. The summed E-state index contributed by atoms with van der Waals surface area (Å²) in [6.45, 7) is 3.93. The van der Waals surface area contributed by atoms with Crippen LogP contribution in [-0.2, 0) is 0 Å². The van der Waals surface area contributed by atoms with Crippen LogP contribution in [-0.4, -0.2) is 13.1 Å². The molecule has 0 aliphatic heterocycles. The molecular formula is C5H10ClN. The fraction of sp³-hybridized carbons (Fsp3) is 0.600. The van der Waals surface area contributed by atoms with E-state index in [0.717, 1.165) is 13.1 Å². The Morgan fingerprint density at radius 2 is 2.43 bits per heavy atom. The van der Waals surface area contributed by atoms with Gasteiger partial charge >= 0.3 is 0 Å². The van der Waals surface area contributed by atoms with Gasteiger partial charge in [-0.2, -0.15) is 0 Å². The second-order valence-corrected chi connectivity index (χ2v) is 1.42. The number of hydrogen-bond acceptors (Lipinski definition) is 1. The van der Waals surface area contributed by atoms with Gasteiger partial charge in [-0.3, -0.25) is 0 Å². The zero-order valence-electron chi connectivity index (χ0n) is 4.45. The summed E-state index contributed by atoms with van der Waals surface area (Å²) in [5.74, 6) is 0. The van der Waals surface area contributed by atoms with E-state index in [-0.39, 0.29) is 0 Å². The molecule has 0 aliphatic rings. The first-order valence-electron chi connectivity index (χ1n) is 2.37. The zero-order chi connectivity index (χ0) is 5.54. The van der Waals surface area contributed by atoms with Crippen LogP contribution in [0.3, 0.4) is 0 Å². The van der Waals surface area contributed by atoms with Crippen molar-refractivity contribution in [2.24, 2.45) is 0 Å². The van der Waals surface area contributed by atoms with E-state index in [9.17, 15) is 0 Å². The van der Waals surface area contributed by atoms with Crippen LogP contribution < -0.4 is 5.32 Å². The third-order valence-corrected chi connectivity index (χ3v) is 0.779. The van der Waals surface area contributed by atoms with Gasteiger partial charge in [0.2, 0.25) is 0 Å². The smallest absolute Gasteiger partial charge is 0.0146 e. The SMILES string of the molecule is CCNC/C=C/Cl. The number of rotatable bonds is 3. The van der Waals surface area contributed by atoms with Gasteiger partial charge in [0.15, 0.2) is 0 Å². The predicted octanol–water partition coefficient (Wildman–Crippen LogP) is 1.35. The van der Waals surface area contributed by atoms with Crippen LogP contribution >= 0.6 is 11.6 Å². The van der Waals surface area contributed by atoms with E-state index in [0.29, 0.717) is 0 Å². The van der Waals surface area contributed by atoms with E-state index < -0.39 is 0 Å². The molecule has 0 radical (unpaired) electrons. The summed E-state index contributed by atoms with van der Waals surface area (Å²) in [5, 5.41) is 3.08. The minimum absolute atomic E-state index is 0.875. The normalized spacial score (nSPS) is 10.6. The second kappa shape index (κ2) is 5.99. The molecule has 0 unspecified atom stereocenters. The molecule has 0 saturated heterocycles. The number of likely N-dealkylation sites (N-methyl/N-ethyl adjacent to an activating group) is 1. The average molecular weight is 120 g/mol. The summed E-state index contributed by atoms with van der Waals surface area (Å²) < 4.78 is 0. The lowest BCUT2D eigenvalue weighted by Gasteiger charge is -1.89. The predicted molar refractivity (Wildman–Crippen MR) is 33.5 cm³/mol. The van der Waals surface area contributed by atoms with Crippen molar-refractivity contribution < 1.29 is 0 Å². The van der Waals surface area contributed by atoms with E-state index in [4.69, 9.17) is 11.6 Å². The Hall–Kier alpha value is -0.0100. The van der Waals surface area contributed by atoms with Gasteiger partial charge in [0.05, 0.1) is 0 Å². The van der Waals surface area contributed by atoms with Crippen molar-refractivity contribution in [2.45, 2.75) is 6.92 Å². The highest BCUT2D eigenvalue weighted by Crippen LogP contribution is 1.73. The maximum Gasteiger partial charge on any atom is 0.0146 e. The molecule has 1 nitrogen and oxygen atoms in total. The van der Waals surface area contributed by atoms with Crippen LogP contribution in [0.15, 0.2) is 11.6 Å². The Bertz CT molecular complexity index is 52.0. The minimum atomic E-state index is 0.875. The first kappa shape index (κ1) is 6.99. The number of hydrogen-bond donors (Lipinski definition) is 1. The van der Waals surface area contributed by atoms with Gasteiger partial charge in [0.25, 0.3) is 0 Å². The fourth-order valence-electron chi connectivity index (χ4n) is 0.272. The van der Waals surface area contributed by atoms with Crippen LogP contribution in [0.5, 0.6) is 0 Å². The largest absolute Gasteiger partial charge is 0.314 e. The van der Waals surface area contributed by atoms with Crippen molar-refractivity contribution in [2.75, 3.05) is 13.1 Å². The van der Waals surface area contributed by atoms with Crippen LogP contribution in [0.4, 0.5) is 0 Å². The molecule has 0 saturated carbocycles. The molecule has 0 rings (SSSR count). The van der Waals surface area contributed by atoms with Crippen molar-refractivity contribution in [3.63, 3.8) is 0 Å². The Kier molecular flexibility index (Phi) is 5.98. The molecule has 0 aromatic heterocycles. The number of nitrogens with one attached hydrogen (secondary N) is 1. The van der Waals surface area contributed by atoms with E-state index in [2.05, 4.69) is 12.2 Å². The fourth-order valence-corrected chi connectivity index (χ4v) is 0.361. The molecule has 0 spiro atoms. The average Bonchev–Trinajstić information content (AvgIpc) is 1.69. The summed E-state index contributed by atoms with van der Waals surface area (Å²) in [6.07, 6.45) is 1.87. The first-order chi connectivity index (χ1) is 3.41. The lowest BCUT2D eigenvalue weighted by Crippen LogP contribution is -2.11. The van der Waals surface area contributed by atoms with Crippen LogP contribution in [0.25, 0.3) is 0 Å². The topological polar surface area (TPSA) is 12.0 Å². The molecule has 0 aromatic carbocycles. The van der Waals surface area contributed by atoms with Gasteiger partial charge in [-0.25, -0.2) is 0 Å². The zero-order valence-corrected chi connectivity index (χ0v) is 5.20. The van der Waals surface area contributed by atoms with Crippen molar-refractivity contribution in [1.82, 2.24) is 5.32 Å². The van der Waals surface area contributed by atoms with Crippen molar-refractivity contribution in [3.05, 3.63) is 11.6 Å². The lowest BCUT2D eigenvalue weighted by molar-refractivity contribution is 0.800. The Labute approximate surface area is 49.4 Å². The highest BCUT2D eigenvalue weighted by atomic mass is 35.5. The van der Waals surface area contributed by atoms with E-state index in [1.54, 1.807) is 0 Å². The van der Waals surface area contributed by atoms with Crippen molar-refractivity contribution in [3.8, 4) is 0 Å². The lowest BCUT2D eigenvalue weighted by atomic mass is 10.6. The van der Waals surface area contributed by atoms with Gasteiger partial charge < -0.3 is 5.32 Å².